The monoisotopic (exact) mass is 293 g/mol. The fourth-order valence-electron chi connectivity index (χ4n) is 3.05. The largest absolute Gasteiger partial charge is 0.497 e. The van der Waals surface area contributed by atoms with Crippen molar-refractivity contribution in [3.8, 4) is 5.75 Å². The lowest BCUT2D eigenvalue weighted by Gasteiger charge is -2.41. The highest BCUT2D eigenvalue weighted by molar-refractivity contribution is 6.59. The van der Waals surface area contributed by atoms with Crippen molar-refractivity contribution in [3.63, 3.8) is 0 Å². The molecule has 1 aliphatic rings. The van der Waals surface area contributed by atoms with Crippen LogP contribution >= 0.6 is 0 Å². The Hall–Kier alpha value is -1.08. The molecule has 1 aromatic rings. The molecule has 0 amide bonds. The molecule has 2 rings (SSSR count). The summed E-state index contributed by atoms with van der Waals surface area (Å²) in [5.41, 5.74) is 1.27. The first kappa shape index (κ1) is 16.3. The molecule has 6 heteroatoms. The molecule has 21 heavy (non-hydrogen) atoms. The number of morpholine rings is 1. The number of hydrogen-bond acceptors (Lipinski definition) is 5. The normalized spacial score (nSPS) is 22.1. The molecule has 1 fully saturated rings. The average molecular weight is 293 g/mol. The van der Waals surface area contributed by atoms with Crippen LogP contribution in [0.5, 0.6) is 5.75 Å². The van der Waals surface area contributed by atoms with E-state index in [0.717, 1.165) is 25.2 Å². The van der Waals surface area contributed by atoms with E-state index < -0.39 is 7.12 Å². The Morgan fingerprint density at radius 2 is 2.14 bits per heavy atom. The molecule has 116 valence electrons. The summed E-state index contributed by atoms with van der Waals surface area (Å²) in [4.78, 5) is 2.32. The Labute approximate surface area is 126 Å². The Kier molecular flexibility index (Phi) is 4.93. The molecule has 1 aromatic carbocycles. The number of ether oxygens (including phenoxy) is 2. The number of rotatable bonds is 4. The zero-order valence-corrected chi connectivity index (χ0v) is 13.2. The van der Waals surface area contributed by atoms with Crippen LogP contribution in [0.25, 0.3) is 0 Å². The van der Waals surface area contributed by atoms with Crippen molar-refractivity contribution in [1.82, 2.24) is 4.90 Å². The topological polar surface area (TPSA) is 62.2 Å². The van der Waals surface area contributed by atoms with Crippen molar-refractivity contribution < 1.29 is 19.5 Å². The molecule has 1 atom stereocenters. The van der Waals surface area contributed by atoms with Gasteiger partial charge in [0.15, 0.2) is 0 Å². The minimum atomic E-state index is -1.53. The van der Waals surface area contributed by atoms with E-state index in [2.05, 4.69) is 25.7 Å². The molecule has 2 N–H and O–H groups in total. The third kappa shape index (κ3) is 4.20. The van der Waals surface area contributed by atoms with Gasteiger partial charge < -0.3 is 19.5 Å². The maximum atomic E-state index is 9.43. The minimum Gasteiger partial charge on any atom is -0.497 e. The van der Waals surface area contributed by atoms with Gasteiger partial charge in [0.05, 0.1) is 18.8 Å². The van der Waals surface area contributed by atoms with Gasteiger partial charge >= 0.3 is 7.12 Å². The summed E-state index contributed by atoms with van der Waals surface area (Å²) < 4.78 is 11.0. The van der Waals surface area contributed by atoms with Crippen LogP contribution in [0.15, 0.2) is 18.2 Å². The maximum Gasteiger partial charge on any atom is 0.492 e. The van der Waals surface area contributed by atoms with E-state index >= 15 is 0 Å². The quantitative estimate of drug-likeness (QED) is 0.786. The Morgan fingerprint density at radius 3 is 2.71 bits per heavy atom. The van der Waals surface area contributed by atoms with Crippen LogP contribution in [0.1, 0.15) is 26.3 Å². The Bertz CT molecular complexity index is 493. The van der Waals surface area contributed by atoms with Gasteiger partial charge in [-0.1, -0.05) is 12.1 Å². The van der Waals surface area contributed by atoms with Gasteiger partial charge in [0.2, 0.25) is 0 Å². The summed E-state index contributed by atoms with van der Waals surface area (Å²) >= 11 is 0. The standard InChI is InChI=1S/C15H24BNO4/c1-11-8-17(10-15(2,3)21-11)9-12-5-6-14(20-4)13(7-12)16(18)19/h5-7,11,18-19H,8-10H2,1-4H3. The molecular formula is C15H24BNO4. The molecule has 1 saturated heterocycles. The lowest BCUT2D eigenvalue weighted by molar-refractivity contribution is -0.130. The molecule has 1 unspecified atom stereocenters. The summed E-state index contributed by atoms with van der Waals surface area (Å²) in [6.45, 7) is 8.72. The van der Waals surface area contributed by atoms with Crippen LogP contribution in [0.4, 0.5) is 0 Å². The third-order valence-corrected chi connectivity index (χ3v) is 3.62. The molecule has 0 aliphatic carbocycles. The average Bonchev–Trinajstić information content (AvgIpc) is 2.36. The second kappa shape index (κ2) is 6.36. The first-order valence-electron chi connectivity index (χ1n) is 7.24. The van der Waals surface area contributed by atoms with E-state index in [9.17, 15) is 10.0 Å². The van der Waals surface area contributed by atoms with Gasteiger partial charge in [-0.25, -0.2) is 0 Å². The van der Waals surface area contributed by atoms with E-state index in [0.29, 0.717) is 11.2 Å². The van der Waals surface area contributed by atoms with Crippen LogP contribution in [0, 0.1) is 0 Å². The van der Waals surface area contributed by atoms with Crippen molar-refractivity contribution in [2.75, 3.05) is 20.2 Å². The van der Waals surface area contributed by atoms with E-state index in [4.69, 9.17) is 9.47 Å². The van der Waals surface area contributed by atoms with Crippen molar-refractivity contribution in [1.29, 1.82) is 0 Å². The number of nitrogens with zero attached hydrogens (tertiary/aromatic N) is 1. The van der Waals surface area contributed by atoms with Crippen LogP contribution in [-0.2, 0) is 11.3 Å². The van der Waals surface area contributed by atoms with Gasteiger partial charge in [-0.3, -0.25) is 4.90 Å². The number of benzene rings is 1. The zero-order valence-electron chi connectivity index (χ0n) is 13.2. The molecular weight excluding hydrogens is 269 g/mol. The lowest BCUT2D eigenvalue weighted by atomic mass is 9.78. The first-order valence-corrected chi connectivity index (χ1v) is 7.24. The van der Waals surface area contributed by atoms with Gasteiger partial charge in [-0.05, 0) is 32.4 Å². The zero-order chi connectivity index (χ0) is 15.6. The van der Waals surface area contributed by atoms with E-state index in [1.807, 2.05) is 6.07 Å². The predicted molar refractivity (Wildman–Crippen MR) is 82.7 cm³/mol. The SMILES string of the molecule is COc1ccc(CN2CC(C)OC(C)(C)C2)cc1B(O)O. The Morgan fingerprint density at radius 1 is 1.43 bits per heavy atom. The first-order chi connectivity index (χ1) is 9.80. The summed E-state index contributed by atoms with van der Waals surface area (Å²) in [5.74, 6) is 0.490. The van der Waals surface area contributed by atoms with Gasteiger partial charge in [0, 0.05) is 25.1 Å². The predicted octanol–water partition coefficient (Wildman–Crippen LogP) is 0.374. The van der Waals surface area contributed by atoms with Gasteiger partial charge in [0.1, 0.15) is 5.75 Å². The highest BCUT2D eigenvalue weighted by Gasteiger charge is 2.31. The van der Waals surface area contributed by atoms with Gasteiger partial charge in [-0.15, -0.1) is 0 Å². The minimum absolute atomic E-state index is 0.163. The molecule has 1 aliphatic heterocycles. The molecule has 0 saturated carbocycles. The summed E-state index contributed by atoms with van der Waals surface area (Å²) in [5, 5.41) is 18.9. The summed E-state index contributed by atoms with van der Waals surface area (Å²) in [6.07, 6.45) is 0.190. The fourth-order valence-corrected chi connectivity index (χ4v) is 3.05. The summed E-state index contributed by atoms with van der Waals surface area (Å²) in [7, 11) is -0.00693. The van der Waals surface area contributed by atoms with Crippen molar-refractivity contribution in [2.24, 2.45) is 0 Å². The summed E-state index contributed by atoms with van der Waals surface area (Å²) in [6, 6.07) is 5.52. The highest BCUT2D eigenvalue weighted by atomic mass is 16.5. The third-order valence-electron chi connectivity index (χ3n) is 3.62. The molecule has 0 spiro atoms. The smallest absolute Gasteiger partial charge is 0.492 e. The number of hydrogen-bond donors (Lipinski definition) is 2. The molecule has 0 bridgehead atoms. The molecule has 1 heterocycles. The van der Waals surface area contributed by atoms with Gasteiger partial charge in [-0.2, -0.15) is 0 Å². The maximum absolute atomic E-state index is 9.43. The lowest BCUT2D eigenvalue weighted by Crippen LogP contribution is -2.51. The Balaban J connectivity index is 2.14. The second-order valence-corrected chi connectivity index (χ2v) is 6.31. The molecule has 5 nitrogen and oxygen atoms in total. The van der Waals surface area contributed by atoms with E-state index in [1.54, 1.807) is 12.1 Å². The van der Waals surface area contributed by atoms with Crippen LogP contribution < -0.4 is 10.2 Å². The number of methoxy groups -OCH3 is 1. The van der Waals surface area contributed by atoms with E-state index in [1.165, 1.54) is 7.11 Å². The van der Waals surface area contributed by atoms with Crippen molar-refractivity contribution >= 4 is 12.6 Å². The van der Waals surface area contributed by atoms with Crippen LogP contribution in [0.3, 0.4) is 0 Å². The highest BCUT2D eigenvalue weighted by Crippen LogP contribution is 2.22. The second-order valence-electron chi connectivity index (χ2n) is 6.31. The van der Waals surface area contributed by atoms with Crippen molar-refractivity contribution in [2.45, 2.75) is 39.0 Å². The van der Waals surface area contributed by atoms with Gasteiger partial charge in [0.25, 0.3) is 0 Å². The van der Waals surface area contributed by atoms with Crippen molar-refractivity contribution in [3.05, 3.63) is 23.8 Å². The fraction of sp³-hybridized carbons (Fsp3) is 0.600. The molecule has 0 radical (unpaired) electrons. The van der Waals surface area contributed by atoms with Crippen LogP contribution in [-0.4, -0.2) is 54.0 Å². The van der Waals surface area contributed by atoms with Crippen LogP contribution in [0.2, 0.25) is 0 Å². The van der Waals surface area contributed by atoms with E-state index in [-0.39, 0.29) is 11.7 Å². The molecule has 0 aromatic heterocycles.